The molecule has 28 heavy (non-hydrogen) atoms. The van der Waals surface area contributed by atoms with Crippen LogP contribution in [0.25, 0.3) is 11.4 Å². The van der Waals surface area contributed by atoms with Crippen LogP contribution >= 0.6 is 0 Å². The molecule has 6 nitrogen and oxygen atoms in total. The number of carbonyl (C=O) groups excluding carboxylic acids is 1. The number of nitrogens with zero attached hydrogens (tertiary/aromatic N) is 4. The highest BCUT2D eigenvalue weighted by atomic mass is 16.2. The Morgan fingerprint density at radius 1 is 1.21 bits per heavy atom. The van der Waals surface area contributed by atoms with E-state index >= 15 is 0 Å². The van der Waals surface area contributed by atoms with E-state index in [9.17, 15) is 4.79 Å². The molecule has 1 aromatic heterocycles. The molecule has 6 heteroatoms. The summed E-state index contributed by atoms with van der Waals surface area (Å²) in [6, 6.07) is 10.7. The Balaban J connectivity index is 1.25. The Bertz CT molecular complexity index is 804. The maximum absolute atomic E-state index is 12.5. The van der Waals surface area contributed by atoms with Crippen molar-refractivity contribution in [1.82, 2.24) is 25.1 Å². The average Bonchev–Trinajstić information content (AvgIpc) is 3.41. The number of rotatable bonds is 6. The van der Waals surface area contributed by atoms with E-state index in [4.69, 9.17) is 0 Å². The Morgan fingerprint density at radius 2 is 2.00 bits per heavy atom. The predicted octanol–water partition coefficient (Wildman–Crippen LogP) is 3.43. The highest BCUT2D eigenvalue weighted by molar-refractivity contribution is 5.74. The van der Waals surface area contributed by atoms with Gasteiger partial charge in [-0.1, -0.05) is 43.2 Å². The van der Waals surface area contributed by atoms with E-state index in [0.29, 0.717) is 19.6 Å². The van der Waals surface area contributed by atoms with Crippen LogP contribution in [0.3, 0.4) is 0 Å². The Morgan fingerprint density at radius 3 is 2.79 bits per heavy atom. The van der Waals surface area contributed by atoms with Gasteiger partial charge in [0.1, 0.15) is 0 Å². The summed E-state index contributed by atoms with van der Waals surface area (Å²) >= 11 is 0. The predicted molar refractivity (Wildman–Crippen MR) is 110 cm³/mol. The second-order valence-corrected chi connectivity index (χ2v) is 7.89. The quantitative estimate of drug-likeness (QED) is 0.781. The summed E-state index contributed by atoms with van der Waals surface area (Å²) < 4.78 is 0. The number of urea groups is 1. The number of hydrogen-bond acceptors (Lipinski definition) is 4. The molecule has 0 spiro atoms. The van der Waals surface area contributed by atoms with Gasteiger partial charge in [-0.3, -0.25) is 0 Å². The molecule has 0 atom stereocenters. The standard InChI is InChI=1S/C22H29N5O/c1-26(19-10-5-6-11-19)13-7-12-23-22(28)27-15-18-14-24-21(25-20(18)16-27)17-8-3-2-4-9-17/h2-4,8-9,14,19H,5-7,10-13,15-16H2,1H3,(H,23,28). The summed E-state index contributed by atoms with van der Waals surface area (Å²) in [4.78, 5) is 25.9. The van der Waals surface area contributed by atoms with E-state index in [2.05, 4.69) is 27.2 Å². The van der Waals surface area contributed by atoms with Crippen LogP contribution in [0.4, 0.5) is 4.79 Å². The minimum absolute atomic E-state index is 0.0113. The van der Waals surface area contributed by atoms with Gasteiger partial charge in [-0.2, -0.15) is 0 Å². The molecule has 2 aromatic rings. The van der Waals surface area contributed by atoms with Crippen molar-refractivity contribution in [2.75, 3.05) is 20.1 Å². The molecule has 0 saturated heterocycles. The summed E-state index contributed by atoms with van der Waals surface area (Å²) in [6.45, 7) is 2.88. The first-order chi connectivity index (χ1) is 13.7. The number of benzene rings is 1. The molecular formula is C22H29N5O. The lowest BCUT2D eigenvalue weighted by molar-refractivity contribution is 0.196. The minimum atomic E-state index is -0.0113. The van der Waals surface area contributed by atoms with Crippen LogP contribution < -0.4 is 5.32 Å². The van der Waals surface area contributed by atoms with E-state index in [1.165, 1.54) is 25.7 Å². The van der Waals surface area contributed by atoms with Crippen LogP contribution in [0.1, 0.15) is 43.4 Å². The normalized spacial score (nSPS) is 16.6. The maximum atomic E-state index is 12.5. The van der Waals surface area contributed by atoms with Gasteiger partial charge in [0.2, 0.25) is 0 Å². The van der Waals surface area contributed by atoms with Crippen LogP contribution in [-0.4, -0.2) is 52.0 Å². The number of fused-ring (bicyclic) bond motifs is 1. The molecule has 2 amide bonds. The largest absolute Gasteiger partial charge is 0.338 e. The van der Waals surface area contributed by atoms with Crippen molar-refractivity contribution in [3.05, 3.63) is 47.8 Å². The fourth-order valence-electron chi connectivity index (χ4n) is 4.19. The number of amides is 2. The second kappa shape index (κ2) is 8.69. The first-order valence-electron chi connectivity index (χ1n) is 10.3. The SMILES string of the molecule is CN(CCCNC(=O)N1Cc2cnc(-c3ccccc3)nc2C1)C1CCCC1. The van der Waals surface area contributed by atoms with Crippen LogP contribution in [0.5, 0.6) is 0 Å². The molecule has 1 aromatic carbocycles. The van der Waals surface area contributed by atoms with Crippen molar-refractivity contribution in [2.45, 2.75) is 51.2 Å². The van der Waals surface area contributed by atoms with Gasteiger partial charge < -0.3 is 15.1 Å². The first-order valence-corrected chi connectivity index (χ1v) is 10.3. The minimum Gasteiger partial charge on any atom is -0.338 e. The van der Waals surface area contributed by atoms with Crippen molar-refractivity contribution in [2.24, 2.45) is 0 Å². The molecule has 0 radical (unpaired) electrons. The highest BCUT2D eigenvalue weighted by Crippen LogP contribution is 2.24. The Kier molecular flexibility index (Phi) is 5.86. The van der Waals surface area contributed by atoms with Crippen LogP contribution in [0.2, 0.25) is 0 Å². The number of carbonyl (C=O) groups is 1. The molecule has 0 bridgehead atoms. The molecule has 4 rings (SSSR count). The molecule has 148 valence electrons. The van der Waals surface area contributed by atoms with Crippen molar-refractivity contribution >= 4 is 6.03 Å². The number of hydrogen-bond donors (Lipinski definition) is 1. The maximum Gasteiger partial charge on any atom is 0.318 e. The van der Waals surface area contributed by atoms with Crippen molar-refractivity contribution in [3.8, 4) is 11.4 Å². The zero-order chi connectivity index (χ0) is 19.3. The molecule has 1 aliphatic carbocycles. The zero-order valence-corrected chi connectivity index (χ0v) is 16.6. The lowest BCUT2D eigenvalue weighted by atomic mass is 10.2. The monoisotopic (exact) mass is 379 g/mol. The van der Waals surface area contributed by atoms with E-state index in [0.717, 1.165) is 41.7 Å². The Labute approximate surface area is 167 Å². The van der Waals surface area contributed by atoms with E-state index in [1.807, 2.05) is 41.4 Å². The van der Waals surface area contributed by atoms with Crippen LogP contribution in [0.15, 0.2) is 36.5 Å². The molecule has 1 aliphatic heterocycles. The second-order valence-electron chi connectivity index (χ2n) is 7.89. The fraction of sp³-hybridized carbons (Fsp3) is 0.500. The zero-order valence-electron chi connectivity index (χ0n) is 16.6. The van der Waals surface area contributed by atoms with Crippen LogP contribution in [-0.2, 0) is 13.1 Å². The van der Waals surface area contributed by atoms with E-state index < -0.39 is 0 Å². The number of aromatic nitrogens is 2. The molecule has 1 saturated carbocycles. The van der Waals surface area contributed by atoms with Crippen molar-refractivity contribution in [1.29, 1.82) is 0 Å². The molecule has 2 heterocycles. The van der Waals surface area contributed by atoms with Gasteiger partial charge in [0, 0.05) is 29.9 Å². The lowest BCUT2D eigenvalue weighted by Gasteiger charge is -2.24. The third-order valence-electron chi connectivity index (χ3n) is 5.89. The topological polar surface area (TPSA) is 61.4 Å². The van der Waals surface area contributed by atoms with Gasteiger partial charge in [0.05, 0.1) is 18.8 Å². The van der Waals surface area contributed by atoms with Gasteiger partial charge in [-0.15, -0.1) is 0 Å². The summed E-state index contributed by atoms with van der Waals surface area (Å²) in [5.74, 6) is 0.719. The molecule has 0 unspecified atom stereocenters. The van der Waals surface area contributed by atoms with Gasteiger partial charge >= 0.3 is 6.03 Å². The third-order valence-corrected chi connectivity index (χ3v) is 5.89. The summed E-state index contributed by atoms with van der Waals surface area (Å²) in [5, 5.41) is 3.06. The third kappa shape index (κ3) is 4.33. The van der Waals surface area contributed by atoms with E-state index in [1.54, 1.807) is 0 Å². The summed E-state index contributed by atoms with van der Waals surface area (Å²) in [5.41, 5.74) is 2.99. The molecular weight excluding hydrogens is 350 g/mol. The summed E-state index contributed by atoms with van der Waals surface area (Å²) in [6.07, 6.45) is 8.19. The fourth-order valence-corrected chi connectivity index (χ4v) is 4.19. The molecule has 1 N–H and O–H groups in total. The first kappa shape index (κ1) is 18.9. The van der Waals surface area contributed by atoms with E-state index in [-0.39, 0.29) is 6.03 Å². The van der Waals surface area contributed by atoms with Gasteiger partial charge in [0.25, 0.3) is 0 Å². The average molecular weight is 380 g/mol. The molecule has 2 aliphatic rings. The van der Waals surface area contributed by atoms with Crippen LogP contribution in [0, 0.1) is 0 Å². The van der Waals surface area contributed by atoms with Gasteiger partial charge in [0.15, 0.2) is 5.82 Å². The number of nitrogens with one attached hydrogen (secondary N) is 1. The summed E-state index contributed by atoms with van der Waals surface area (Å²) in [7, 11) is 2.21. The smallest absolute Gasteiger partial charge is 0.318 e. The van der Waals surface area contributed by atoms with Gasteiger partial charge in [-0.05, 0) is 32.9 Å². The highest BCUT2D eigenvalue weighted by Gasteiger charge is 2.25. The molecule has 1 fully saturated rings. The van der Waals surface area contributed by atoms with Gasteiger partial charge in [-0.25, -0.2) is 14.8 Å². The Hall–Kier alpha value is -2.47. The van der Waals surface area contributed by atoms with Crippen molar-refractivity contribution < 1.29 is 4.79 Å². The van der Waals surface area contributed by atoms with Crippen molar-refractivity contribution in [3.63, 3.8) is 0 Å². The lowest BCUT2D eigenvalue weighted by Crippen LogP contribution is -2.38.